The fourth-order valence-electron chi connectivity index (χ4n) is 2.96. The van der Waals surface area contributed by atoms with Crippen molar-refractivity contribution in [1.82, 2.24) is 25.0 Å². The molecule has 1 saturated heterocycles. The molecule has 8 heteroatoms. The Kier molecular flexibility index (Phi) is 4.46. The Bertz CT molecular complexity index is 839. The van der Waals surface area contributed by atoms with Gasteiger partial charge in [0.1, 0.15) is 5.82 Å². The first-order valence-corrected chi connectivity index (χ1v) is 9.21. The molecule has 7 nitrogen and oxygen atoms in total. The summed E-state index contributed by atoms with van der Waals surface area (Å²) in [6.45, 7) is 8.39. The van der Waals surface area contributed by atoms with Crippen LogP contribution < -0.4 is 4.90 Å². The van der Waals surface area contributed by atoms with Crippen molar-refractivity contribution >= 4 is 17.2 Å². The van der Waals surface area contributed by atoms with Crippen LogP contribution in [0.15, 0.2) is 28.2 Å². The number of rotatable bonds is 4. The lowest BCUT2D eigenvalue weighted by Gasteiger charge is -2.35. The van der Waals surface area contributed by atoms with Crippen LogP contribution in [0.3, 0.4) is 0 Å². The van der Waals surface area contributed by atoms with Crippen LogP contribution in [0.4, 0.5) is 5.82 Å². The first-order valence-electron chi connectivity index (χ1n) is 8.33. The van der Waals surface area contributed by atoms with Crippen LogP contribution in [0.25, 0.3) is 10.7 Å². The van der Waals surface area contributed by atoms with Crippen LogP contribution in [-0.4, -0.2) is 51.2 Å². The van der Waals surface area contributed by atoms with Gasteiger partial charge in [-0.25, -0.2) is 4.98 Å². The van der Waals surface area contributed by atoms with Crippen molar-refractivity contribution in [2.45, 2.75) is 20.4 Å². The molecular formula is C17H20N6OS. The Morgan fingerprint density at radius 2 is 2.00 bits per heavy atom. The molecule has 0 unspecified atom stereocenters. The van der Waals surface area contributed by atoms with E-state index in [0.29, 0.717) is 18.3 Å². The van der Waals surface area contributed by atoms with Crippen molar-refractivity contribution in [3.63, 3.8) is 0 Å². The Hall–Kier alpha value is -2.32. The van der Waals surface area contributed by atoms with E-state index < -0.39 is 0 Å². The molecule has 1 aliphatic heterocycles. The molecule has 0 aromatic carbocycles. The lowest BCUT2D eigenvalue weighted by atomic mass is 10.3. The maximum atomic E-state index is 5.41. The SMILES string of the molecule is Cc1cnc(C)c(N2CCN(Cc3nc(-c4cccs4)no3)CC2)n1. The van der Waals surface area contributed by atoms with Gasteiger partial charge in [-0.15, -0.1) is 11.3 Å². The molecule has 25 heavy (non-hydrogen) atoms. The number of aryl methyl sites for hydroxylation is 2. The fourth-order valence-corrected chi connectivity index (χ4v) is 3.61. The standard InChI is InChI=1S/C17H20N6OS/c1-12-10-18-13(2)17(19-12)23-7-5-22(6-8-23)11-15-20-16(21-24-15)14-4-3-9-25-14/h3-4,9-10H,5-8,11H2,1-2H3. The number of hydrogen-bond donors (Lipinski definition) is 0. The van der Waals surface area contributed by atoms with Gasteiger partial charge in [0.25, 0.3) is 0 Å². The van der Waals surface area contributed by atoms with Crippen molar-refractivity contribution in [2.24, 2.45) is 0 Å². The highest BCUT2D eigenvalue weighted by atomic mass is 32.1. The van der Waals surface area contributed by atoms with Gasteiger partial charge in [-0.05, 0) is 25.3 Å². The third-order valence-corrected chi connectivity index (χ3v) is 5.16. The van der Waals surface area contributed by atoms with E-state index >= 15 is 0 Å². The molecule has 0 saturated carbocycles. The third kappa shape index (κ3) is 3.54. The van der Waals surface area contributed by atoms with E-state index in [1.807, 2.05) is 37.6 Å². The first kappa shape index (κ1) is 16.2. The summed E-state index contributed by atoms with van der Waals surface area (Å²) in [7, 11) is 0. The monoisotopic (exact) mass is 356 g/mol. The molecule has 3 aromatic rings. The summed E-state index contributed by atoms with van der Waals surface area (Å²) in [5.41, 5.74) is 1.94. The summed E-state index contributed by atoms with van der Waals surface area (Å²) < 4.78 is 5.41. The zero-order valence-electron chi connectivity index (χ0n) is 14.3. The van der Waals surface area contributed by atoms with Gasteiger partial charge in [0.15, 0.2) is 0 Å². The second kappa shape index (κ2) is 6.89. The van der Waals surface area contributed by atoms with Crippen molar-refractivity contribution in [3.8, 4) is 10.7 Å². The van der Waals surface area contributed by atoms with E-state index in [9.17, 15) is 0 Å². The second-order valence-corrected chi connectivity index (χ2v) is 7.12. The number of aromatic nitrogens is 4. The molecule has 4 rings (SSSR count). The van der Waals surface area contributed by atoms with Crippen LogP contribution in [-0.2, 0) is 6.54 Å². The Morgan fingerprint density at radius 1 is 1.16 bits per heavy atom. The van der Waals surface area contributed by atoms with Gasteiger partial charge >= 0.3 is 0 Å². The minimum absolute atomic E-state index is 0.670. The average molecular weight is 356 g/mol. The van der Waals surface area contributed by atoms with Crippen LogP contribution >= 0.6 is 11.3 Å². The van der Waals surface area contributed by atoms with Gasteiger partial charge in [0.05, 0.1) is 22.8 Å². The van der Waals surface area contributed by atoms with Gasteiger partial charge in [-0.2, -0.15) is 4.98 Å². The minimum Gasteiger partial charge on any atom is -0.353 e. The molecule has 0 spiro atoms. The summed E-state index contributed by atoms with van der Waals surface area (Å²) in [6.07, 6.45) is 1.82. The maximum absolute atomic E-state index is 5.41. The van der Waals surface area contributed by atoms with E-state index in [0.717, 1.165) is 48.3 Å². The highest BCUT2D eigenvalue weighted by Gasteiger charge is 2.22. The molecule has 4 heterocycles. The number of hydrogen-bond acceptors (Lipinski definition) is 8. The van der Waals surface area contributed by atoms with Gasteiger partial charge < -0.3 is 9.42 Å². The zero-order chi connectivity index (χ0) is 17.2. The highest BCUT2D eigenvalue weighted by molar-refractivity contribution is 7.13. The van der Waals surface area contributed by atoms with Gasteiger partial charge in [0.2, 0.25) is 11.7 Å². The van der Waals surface area contributed by atoms with E-state index in [1.54, 1.807) is 11.3 Å². The topological polar surface area (TPSA) is 71.2 Å². The summed E-state index contributed by atoms with van der Waals surface area (Å²) in [6, 6.07) is 3.99. The van der Waals surface area contributed by atoms with E-state index in [2.05, 4.69) is 29.9 Å². The molecule has 0 aliphatic carbocycles. The van der Waals surface area contributed by atoms with Crippen LogP contribution in [0.5, 0.6) is 0 Å². The smallest absolute Gasteiger partial charge is 0.241 e. The lowest BCUT2D eigenvalue weighted by Crippen LogP contribution is -2.46. The largest absolute Gasteiger partial charge is 0.353 e. The highest BCUT2D eigenvalue weighted by Crippen LogP contribution is 2.22. The van der Waals surface area contributed by atoms with E-state index in [-0.39, 0.29) is 0 Å². The average Bonchev–Trinajstić information content (AvgIpc) is 3.29. The molecule has 130 valence electrons. The molecule has 0 bridgehead atoms. The summed E-state index contributed by atoms with van der Waals surface area (Å²) in [5.74, 6) is 2.34. The third-order valence-electron chi connectivity index (χ3n) is 4.29. The molecule has 0 radical (unpaired) electrons. The number of anilines is 1. The van der Waals surface area contributed by atoms with Crippen LogP contribution in [0.2, 0.25) is 0 Å². The number of nitrogens with zero attached hydrogens (tertiary/aromatic N) is 6. The molecule has 0 atom stereocenters. The molecule has 0 amide bonds. The minimum atomic E-state index is 0.670. The number of piperazine rings is 1. The molecule has 1 fully saturated rings. The second-order valence-electron chi connectivity index (χ2n) is 6.17. The van der Waals surface area contributed by atoms with Crippen molar-refractivity contribution < 1.29 is 4.52 Å². The molecule has 1 aliphatic rings. The molecule has 0 N–H and O–H groups in total. The summed E-state index contributed by atoms with van der Waals surface area (Å²) in [5, 5.41) is 6.09. The van der Waals surface area contributed by atoms with Gasteiger partial charge in [0, 0.05) is 32.4 Å². The lowest BCUT2D eigenvalue weighted by molar-refractivity contribution is 0.215. The Labute approximate surface area is 150 Å². The fraction of sp³-hybridized carbons (Fsp3) is 0.412. The zero-order valence-corrected chi connectivity index (χ0v) is 15.2. The first-order chi connectivity index (χ1) is 12.2. The van der Waals surface area contributed by atoms with Gasteiger partial charge in [-0.3, -0.25) is 9.88 Å². The van der Waals surface area contributed by atoms with E-state index in [4.69, 9.17) is 4.52 Å². The Morgan fingerprint density at radius 3 is 2.76 bits per heavy atom. The maximum Gasteiger partial charge on any atom is 0.241 e. The van der Waals surface area contributed by atoms with Crippen molar-refractivity contribution in [1.29, 1.82) is 0 Å². The summed E-state index contributed by atoms with van der Waals surface area (Å²) >= 11 is 1.62. The number of thiophene rings is 1. The van der Waals surface area contributed by atoms with Crippen molar-refractivity contribution in [3.05, 3.63) is 41.0 Å². The molecule has 3 aromatic heterocycles. The van der Waals surface area contributed by atoms with Crippen LogP contribution in [0.1, 0.15) is 17.3 Å². The molecular weight excluding hydrogens is 336 g/mol. The predicted octanol–water partition coefficient (Wildman–Crippen LogP) is 2.53. The predicted molar refractivity (Wildman–Crippen MR) is 96.6 cm³/mol. The normalized spacial score (nSPS) is 15.7. The summed E-state index contributed by atoms with van der Waals surface area (Å²) in [4.78, 5) is 19.2. The van der Waals surface area contributed by atoms with E-state index in [1.165, 1.54) is 0 Å². The quantitative estimate of drug-likeness (QED) is 0.711. The Balaban J connectivity index is 1.37. The van der Waals surface area contributed by atoms with Gasteiger partial charge in [-0.1, -0.05) is 11.2 Å². The van der Waals surface area contributed by atoms with Crippen molar-refractivity contribution in [2.75, 3.05) is 31.1 Å². The van der Waals surface area contributed by atoms with Crippen LogP contribution in [0, 0.1) is 13.8 Å².